The van der Waals surface area contributed by atoms with Crippen molar-refractivity contribution in [2.75, 3.05) is 20.1 Å². The van der Waals surface area contributed by atoms with Crippen molar-refractivity contribution in [3.05, 3.63) is 35.6 Å². The lowest BCUT2D eigenvalue weighted by molar-refractivity contribution is -0.134. The van der Waals surface area contributed by atoms with Crippen molar-refractivity contribution in [2.45, 2.75) is 30.7 Å². The maximum absolute atomic E-state index is 13.9. The fraction of sp³-hybridized carbons (Fsp3) is 0.533. The minimum atomic E-state index is -0.595. The number of rotatable bonds is 3. The minimum absolute atomic E-state index is 0.0753. The predicted molar refractivity (Wildman–Crippen MR) is 71.4 cm³/mol. The van der Waals surface area contributed by atoms with Crippen LogP contribution in [0.4, 0.5) is 4.39 Å². The lowest BCUT2D eigenvalue weighted by atomic mass is 9.93. The Morgan fingerprint density at radius 3 is 2.74 bits per heavy atom. The molecule has 1 aliphatic heterocycles. The van der Waals surface area contributed by atoms with Crippen LogP contribution in [0.25, 0.3) is 0 Å². The van der Waals surface area contributed by atoms with Crippen LogP contribution < -0.4 is 5.32 Å². The van der Waals surface area contributed by atoms with Crippen LogP contribution >= 0.6 is 0 Å². The highest BCUT2D eigenvalue weighted by Gasteiger charge is 2.54. The summed E-state index contributed by atoms with van der Waals surface area (Å²) < 4.78 is 13.9. The SMILES string of the molecule is CN(C(=O)C1(c2ccccc2F)CC1)C1CCNC1. The van der Waals surface area contributed by atoms with E-state index in [9.17, 15) is 9.18 Å². The summed E-state index contributed by atoms with van der Waals surface area (Å²) in [5.74, 6) is -0.183. The monoisotopic (exact) mass is 262 g/mol. The maximum Gasteiger partial charge on any atom is 0.233 e. The van der Waals surface area contributed by atoms with Gasteiger partial charge in [0.15, 0.2) is 0 Å². The Bertz CT molecular complexity index is 493. The number of nitrogens with one attached hydrogen (secondary N) is 1. The van der Waals surface area contributed by atoms with E-state index in [-0.39, 0.29) is 17.8 Å². The van der Waals surface area contributed by atoms with Crippen LogP contribution in [0.3, 0.4) is 0 Å². The van der Waals surface area contributed by atoms with Crippen molar-refractivity contribution >= 4 is 5.91 Å². The number of likely N-dealkylation sites (N-methyl/N-ethyl adjacent to an activating group) is 1. The molecular weight excluding hydrogens is 243 g/mol. The van der Waals surface area contributed by atoms with E-state index in [2.05, 4.69) is 5.32 Å². The van der Waals surface area contributed by atoms with Crippen LogP contribution in [-0.4, -0.2) is 37.0 Å². The second kappa shape index (κ2) is 4.60. The fourth-order valence-electron chi connectivity index (χ4n) is 3.05. The van der Waals surface area contributed by atoms with Crippen molar-refractivity contribution < 1.29 is 9.18 Å². The van der Waals surface area contributed by atoms with Crippen LogP contribution in [0.15, 0.2) is 24.3 Å². The molecule has 1 aromatic carbocycles. The highest BCUT2D eigenvalue weighted by molar-refractivity contribution is 5.91. The van der Waals surface area contributed by atoms with Crippen molar-refractivity contribution in [1.82, 2.24) is 10.2 Å². The molecule has 1 amide bonds. The molecule has 0 bridgehead atoms. The number of carbonyl (C=O) groups is 1. The van der Waals surface area contributed by atoms with Gasteiger partial charge in [-0.05, 0) is 31.9 Å². The molecule has 102 valence electrons. The average molecular weight is 262 g/mol. The third kappa shape index (κ3) is 2.04. The molecule has 19 heavy (non-hydrogen) atoms. The molecule has 1 unspecified atom stereocenters. The topological polar surface area (TPSA) is 32.3 Å². The Morgan fingerprint density at radius 2 is 2.16 bits per heavy atom. The number of amides is 1. The molecule has 1 saturated heterocycles. The predicted octanol–water partition coefficient (Wildman–Crippen LogP) is 1.68. The molecule has 2 aliphatic rings. The Morgan fingerprint density at radius 1 is 1.42 bits per heavy atom. The van der Waals surface area contributed by atoms with Gasteiger partial charge in [-0.2, -0.15) is 0 Å². The molecule has 3 rings (SSSR count). The molecular formula is C15H19FN2O. The standard InChI is InChI=1S/C15H19FN2O/c1-18(11-6-9-17-10-11)14(19)15(7-8-15)12-4-2-3-5-13(12)16/h2-5,11,17H,6-10H2,1H3. The number of halogens is 1. The number of carbonyl (C=O) groups excluding carboxylic acids is 1. The summed E-state index contributed by atoms with van der Waals surface area (Å²) in [5.41, 5.74) is -0.0271. The zero-order chi connectivity index (χ0) is 13.5. The zero-order valence-corrected chi connectivity index (χ0v) is 11.2. The molecule has 0 spiro atoms. The number of hydrogen-bond donors (Lipinski definition) is 1. The van der Waals surface area contributed by atoms with E-state index in [0.29, 0.717) is 5.56 Å². The van der Waals surface area contributed by atoms with Gasteiger partial charge in [0.2, 0.25) is 5.91 Å². The van der Waals surface area contributed by atoms with Crippen molar-refractivity contribution in [3.8, 4) is 0 Å². The summed E-state index contributed by atoms with van der Waals surface area (Å²) in [7, 11) is 1.85. The van der Waals surface area contributed by atoms with Gasteiger partial charge in [0.05, 0.1) is 5.41 Å². The van der Waals surface area contributed by atoms with E-state index < -0.39 is 5.41 Å². The fourth-order valence-corrected chi connectivity index (χ4v) is 3.05. The first-order valence-electron chi connectivity index (χ1n) is 6.88. The van der Waals surface area contributed by atoms with E-state index >= 15 is 0 Å². The maximum atomic E-state index is 13.9. The van der Waals surface area contributed by atoms with Crippen LogP contribution in [-0.2, 0) is 10.2 Å². The normalized spacial score (nSPS) is 24.2. The summed E-state index contributed by atoms with van der Waals surface area (Å²) in [6.45, 7) is 1.80. The summed E-state index contributed by atoms with van der Waals surface area (Å²) >= 11 is 0. The van der Waals surface area contributed by atoms with Gasteiger partial charge in [-0.3, -0.25) is 4.79 Å². The molecule has 1 aliphatic carbocycles. The molecule has 1 aromatic rings. The van der Waals surface area contributed by atoms with Crippen molar-refractivity contribution in [3.63, 3.8) is 0 Å². The summed E-state index contributed by atoms with van der Waals surface area (Å²) in [6.07, 6.45) is 2.50. The third-order valence-corrected chi connectivity index (χ3v) is 4.45. The molecule has 0 aromatic heterocycles. The Labute approximate surface area is 112 Å². The van der Waals surface area contributed by atoms with E-state index in [4.69, 9.17) is 0 Å². The van der Waals surface area contributed by atoms with E-state index in [1.54, 1.807) is 12.1 Å². The highest BCUT2D eigenvalue weighted by atomic mass is 19.1. The van der Waals surface area contributed by atoms with Crippen LogP contribution in [0.1, 0.15) is 24.8 Å². The number of benzene rings is 1. The lowest BCUT2D eigenvalue weighted by Crippen LogP contribution is -2.44. The van der Waals surface area contributed by atoms with Gasteiger partial charge in [0.25, 0.3) is 0 Å². The molecule has 3 nitrogen and oxygen atoms in total. The van der Waals surface area contributed by atoms with Crippen molar-refractivity contribution in [2.24, 2.45) is 0 Å². The van der Waals surface area contributed by atoms with Gasteiger partial charge >= 0.3 is 0 Å². The number of nitrogens with zero attached hydrogens (tertiary/aromatic N) is 1. The summed E-state index contributed by atoms with van der Waals surface area (Å²) in [5, 5.41) is 3.26. The second-order valence-electron chi connectivity index (χ2n) is 5.62. The highest BCUT2D eigenvalue weighted by Crippen LogP contribution is 2.50. The first-order valence-corrected chi connectivity index (χ1v) is 6.88. The quantitative estimate of drug-likeness (QED) is 0.899. The lowest BCUT2D eigenvalue weighted by Gasteiger charge is -2.28. The van der Waals surface area contributed by atoms with E-state index in [1.165, 1.54) is 6.07 Å². The van der Waals surface area contributed by atoms with Crippen LogP contribution in [0, 0.1) is 5.82 Å². The van der Waals surface area contributed by atoms with Crippen LogP contribution in [0.5, 0.6) is 0 Å². The zero-order valence-electron chi connectivity index (χ0n) is 11.2. The summed E-state index contributed by atoms with van der Waals surface area (Å²) in [4.78, 5) is 14.5. The van der Waals surface area contributed by atoms with E-state index in [0.717, 1.165) is 32.4 Å². The van der Waals surface area contributed by atoms with Gasteiger partial charge in [0.1, 0.15) is 5.82 Å². The van der Waals surface area contributed by atoms with E-state index in [1.807, 2.05) is 18.0 Å². The molecule has 0 radical (unpaired) electrons. The van der Waals surface area contributed by atoms with Crippen molar-refractivity contribution in [1.29, 1.82) is 0 Å². The Kier molecular flexibility index (Phi) is 3.05. The van der Waals surface area contributed by atoms with Crippen LogP contribution in [0.2, 0.25) is 0 Å². The number of hydrogen-bond acceptors (Lipinski definition) is 2. The van der Waals surface area contributed by atoms with Gasteiger partial charge in [-0.1, -0.05) is 18.2 Å². The van der Waals surface area contributed by atoms with Gasteiger partial charge < -0.3 is 10.2 Å². The average Bonchev–Trinajstić information content (AvgIpc) is 3.04. The Hall–Kier alpha value is -1.42. The minimum Gasteiger partial charge on any atom is -0.341 e. The molecule has 4 heteroatoms. The molecule has 1 N–H and O–H groups in total. The third-order valence-electron chi connectivity index (χ3n) is 4.45. The molecule has 1 saturated carbocycles. The molecule has 1 atom stereocenters. The summed E-state index contributed by atoms with van der Waals surface area (Å²) in [6, 6.07) is 6.92. The smallest absolute Gasteiger partial charge is 0.233 e. The first-order chi connectivity index (χ1) is 9.15. The largest absolute Gasteiger partial charge is 0.341 e. The van der Waals surface area contributed by atoms with Gasteiger partial charge in [0, 0.05) is 25.2 Å². The van der Waals surface area contributed by atoms with Gasteiger partial charge in [-0.15, -0.1) is 0 Å². The first kappa shape index (κ1) is 12.6. The molecule has 2 fully saturated rings. The van der Waals surface area contributed by atoms with Gasteiger partial charge in [-0.25, -0.2) is 4.39 Å². The second-order valence-corrected chi connectivity index (χ2v) is 5.62. The Balaban J connectivity index is 1.84. The molecule has 1 heterocycles.